The summed E-state index contributed by atoms with van der Waals surface area (Å²) >= 11 is 1.61. The van der Waals surface area contributed by atoms with E-state index in [4.69, 9.17) is 4.98 Å². The number of rotatable bonds is 4. The van der Waals surface area contributed by atoms with E-state index in [1.165, 1.54) is 5.56 Å². The zero-order valence-electron chi connectivity index (χ0n) is 13.1. The third kappa shape index (κ3) is 2.88. The van der Waals surface area contributed by atoms with Gasteiger partial charge in [-0.3, -0.25) is 4.98 Å². The zero-order chi connectivity index (χ0) is 15.5. The summed E-state index contributed by atoms with van der Waals surface area (Å²) in [5.41, 5.74) is 6.58. The first-order chi connectivity index (χ1) is 10.7. The van der Waals surface area contributed by atoms with Crippen LogP contribution in [0.1, 0.15) is 18.2 Å². The Morgan fingerprint density at radius 1 is 1.00 bits per heavy atom. The Balaban J connectivity index is 1.94. The lowest BCUT2D eigenvalue weighted by Crippen LogP contribution is -1.92. The summed E-state index contributed by atoms with van der Waals surface area (Å²) in [5, 5.41) is 6.06. The van der Waals surface area contributed by atoms with Gasteiger partial charge in [0.2, 0.25) is 0 Å². The van der Waals surface area contributed by atoms with E-state index in [9.17, 15) is 0 Å². The number of nitrogens with zero attached hydrogens (tertiary/aromatic N) is 2. The molecule has 0 bridgehead atoms. The summed E-state index contributed by atoms with van der Waals surface area (Å²) in [6, 6.07) is 12.8. The molecule has 0 amide bonds. The third-order valence-electron chi connectivity index (χ3n) is 3.74. The lowest BCUT2D eigenvalue weighted by atomic mass is 10.0. The highest BCUT2D eigenvalue weighted by molar-refractivity contribution is 7.14. The molecule has 0 saturated heterocycles. The van der Waals surface area contributed by atoms with E-state index >= 15 is 0 Å². The molecule has 2 aromatic heterocycles. The highest BCUT2D eigenvalue weighted by atomic mass is 32.1. The van der Waals surface area contributed by atoms with Gasteiger partial charge in [-0.1, -0.05) is 31.2 Å². The average molecular weight is 309 g/mol. The van der Waals surface area contributed by atoms with Gasteiger partial charge in [-0.15, -0.1) is 11.3 Å². The molecule has 0 atom stereocenters. The SMILES string of the molecule is CCc1ccc(-c2ccc(-c3csc(NC)n3)c(C)n2)cc1. The Kier molecular flexibility index (Phi) is 4.20. The molecule has 4 heteroatoms. The van der Waals surface area contributed by atoms with Crippen molar-refractivity contribution in [3.8, 4) is 22.5 Å². The van der Waals surface area contributed by atoms with Crippen LogP contribution in [0, 0.1) is 6.92 Å². The Morgan fingerprint density at radius 2 is 1.77 bits per heavy atom. The monoisotopic (exact) mass is 309 g/mol. The molecule has 0 fully saturated rings. The van der Waals surface area contributed by atoms with Gasteiger partial charge in [0.05, 0.1) is 11.4 Å². The van der Waals surface area contributed by atoms with Crippen molar-refractivity contribution in [1.29, 1.82) is 0 Å². The van der Waals surface area contributed by atoms with Crippen molar-refractivity contribution in [2.45, 2.75) is 20.3 Å². The summed E-state index contributed by atoms with van der Waals surface area (Å²) in [4.78, 5) is 9.31. The van der Waals surface area contributed by atoms with E-state index < -0.39 is 0 Å². The number of aryl methyl sites for hydroxylation is 2. The molecule has 0 radical (unpaired) electrons. The molecule has 3 aromatic rings. The molecule has 0 aliphatic heterocycles. The van der Waals surface area contributed by atoms with Crippen molar-refractivity contribution in [3.63, 3.8) is 0 Å². The molecule has 112 valence electrons. The van der Waals surface area contributed by atoms with Crippen LogP contribution in [0.3, 0.4) is 0 Å². The van der Waals surface area contributed by atoms with E-state index in [0.29, 0.717) is 0 Å². The largest absolute Gasteiger partial charge is 0.365 e. The van der Waals surface area contributed by atoms with Crippen LogP contribution in [0.2, 0.25) is 0 Å². The second kappa shape index (κ2) is 6.28. The van der Waals surface area contributed by atoms with E-state index in [1.54, 1.807) is 11.3 Å². The molecule has 0 aliphatic rings. The number of benzene rings is 1. The van der Waals surface area contributed by atoms with Crippen molar-refractivity contribution in [3.05, 3.63) is 53.0 Å². The van der Waals surface area contributed by atoms with Crippen LogP contribution < -0.4 is 5.32 Å². The highest BCUT2D eigenvalue weighted by Crippen LogP contribution is 2.28. The lowest BCUT2D eigenvalue weighted by molar-refractivity contribution is 1.14. The lowest BCUT2D eigenvalue weighted by Gasteiger charge is -2.07. The first kappa shape index (κ1) is 14.7. The maximum absolute atomic E-state index is 4.75. The van der Waals surface area contributed by atoms with Gasteiger partial charge in [0.25, 0.3) is 0 Å². The van der Waals surface area contributed by atoms with Gasteiger partial charge < -0.3 is 5.32 Å². The Hall–Kier alpha value is -2.20. The first-order valence-electron chi connectivity index (χ1n) is 7.42. The summed E-state index contributed by atoms with van der Waals surface area (Å²) in [6.07, 6.45) is 1.06. The van der Waals surface area contributed by atoms with Crippen molar-refractivity contribution in [1.82, 2.24) is 9.97 Å². The smallest absolute Gasteiger partial charge is 0.182 e. The molecule has 22 heavy (non-hydrogen) atoms. The van der Waals surface area contributed by atoms with Gasteiger partial charge in [0.1, 0.15) is 0 Å². The average Bonchev–Trinajstić information content (AvgIpc) is 3.03. The summed E-state index contributed by atoms with van der Waals surface area (Å²) in [5.74, 6) is 0. The fourth-order valence-electron chi connectivity index (χ4n) is 2.42. The molecular formula is C18H19N3S. The quantitative estimate of drug-likeness (QED) is 0.753. The standard InChI is InChI=1S/C18H19N3S/c1-4-13-5-7-14(8-6-13)16-10-9-15(12(2)20-16)17-11-22-18(19-3)21-17/h5-11H,4H2,1-3H3,(H,19,21). The summed E-state index contributed by atoms with van der Waals surface area (Å²) in [6.45, 7) is 4.21. The number of hydrogen-bond donors (Lipinski definition) is 1. The van der Waals surface area contributed by atoms with Crippen molar-refractivity contribution in [2.75, 3.05) is 12.4 Å². The highest BCUT2D eigenvalue weighted by Gasteiger charge is 2.09. The van der Waals surface area contributed by atoms with E-state index in [0.717, 1.165) is 39.8 Å². The molecule has 1 N–H and O–H groups in total. The van der Waals surface area contributed by atoms with Crippen LogP contribution >= 0.6 is 11.3 Å². The minimum absolute atomic E-state index is 0.925. The van der Waals surface area contributed by atoms with Crippen molar-refractivity contribution in [2.24, 2.45) is 0 Å². The molecule has 2 heterocycles. The Labute approximate surface area is 135 Å². The van der Waals surface area contributed by atoms with Crippen LogP contribution in [-0.4, -0.2) is 17.0 Å². The number of hydrogen-bond acceptors (Lipinski definition) is 4. The van der Waals surface area contributed by atoms with Gasteiger partial charge in [0.15, 0.2) is 5.13 Å². The van der Waals surface area contributed by atoms with Gasteiger partial charge in [-0.25, -0.2) is 4.98 Å². The molecule has 3 nitrogen and oxygen atoms in total. The maximum Gasteiger partial charge on any atom is 0.182 e. The van der Waals surface area contributed by atoms with E-state index in [1.807, 2.05) is 14.0 Å². The second-order valence-corrected chi connectivity index (χ2v) is 6.03. The van der Waals surface area contributed by atoms with Crippen molar-refractivity contribution >= 4 is 16.5 Å². The number of anilines is 1. The summed E-state index contributed by atoms with van der Waals surface area (Å²) < 4.78 is 0. The fourth-order valence-corrected chi connectivity index (χ4v) is 3.09. The van der Waals surface area contributed by atoms with Gasteiger partial charge >= 0.3 is 0 Å². The van der Waals surface area contributed by atoms with Gasteiger partial charge in [-0.05, 0) is 31.0 Å². The predicted molar refractivity (Wildman–Crippen MR) is 94.4 cm³/mol. The van der Waals surface area contributed by atoms with Crippen LogP contribution in [0.4, 0.5) is 5.13 Å². The van der Waals surface area contributed by atoms with Gasteiger partial charge in [-0.2, -0.15) is 0 Å². The Morgan fingerprint density at radius 3 is 2.36 bits per heavy atom. The number of aromatic nitrogens is 2. The molecular weight excluding hydrogens is 290 g/mol. The predicted octanol–water partition coefficient (Wildman–Crippen LogP) is 4.78. The maximum atomic E-state index is 4.75. The zero-order valence-corrected chi connectivity index (χ0v) is 13.9. The van der Waals surface area contributed by atoms with E-state index in [2.05, 4.69) is 59.0 Å². The fraction of sp³-hybridized carbons (Fsp3) is 0.222. The topological polar surface area (TPSA) is 37.8 Å². The number of pyridine rings is 1. The molecule has 0 aliphatic carbocycles. The molecule has 0 saturated carbocycles. The number of thiazole rings is 1. The first-order valence-corrected chi connectivity index (χ1v) is 8.30. The summed E-state index contributed by atoms with van der Waals surface area (Å²) in [7, 11) is 1.89. The molecule has 0 spiro atoms. The number of nitrogens with one attached hydrogen (secondary N) is 1. The van der Waals surface area contributed by atoms with Crippen molar-refractivity contribution < 1.29 is 0 Å². The van der Waals surface area contributed by atoms with Crippen LogP contribution in [0.15, 0.2) is 41.8 Å². The van der Waals surface area contributed by atoms with Crippen LogP contribution in [-0.2, 0) is 6.42 Å². The van der Waals surface area contributed by atoms with Crippen LogP contribution in [0.25, 0.3) is 22.5 Å². The minimum Gasteiger partial charge on any atom is -0.365 e. The Bertz CT molecular complexity index is 775. The second-order valence-electron chi connectivity index (χ2n) is 5.17. The van der Waals surface area contributed by atoms with Crippen LogP contribution in [0.5, 0.6) is 0 Å². The molecule has 3 rings (SSSR count). The van der Waals surface area contributed by atoms with E-state index in [-0.39, 0.29) is 0 Å². The third-order valence-corrected chi connectivity index (χ3v) is 4.60. The van der Waals surface area contributed by atoms with Gasteiger partial charge in [0, 0.05) is 29.2 Å². The molecule has 1 aromatic carbocycles. The molecule has 0 unspecified atom stereocenters. The minimum atomic E-state index is 0.925. The normalized spacial score (nSPS) is 10.7.